The first-order chi connectivity index (χ1) is 5.74. The zero-order valence-corrected chi connectivity index (χ0v) is 8.94. The fourth-order valence-corrected chi connectivity index (χ4v) is 2.92. The topological polar surface area (TPSA) is 29.3 Å². The van der Waals surface area contributed by atoms with E-state index < -0.39 is 0 Å². The second-order valence-corrected chi connectivity index (χ2v) is 5.13. The Morgan fingerprint density at radius 1 is 1.58 bits per heavy atom. The molecule has 12 heavy (non-hydrogen) atoms. The third-order valence-corrected chi connectivity index (χ3v) is 3.85. The van der Waals surface area contributed by atoms with Gasteiger partial charge in [0.1, 0.15) is 0 Å². The summed E-state index contributed by atoms with van der Waals surface area (Å²) in [5.74, 6) is 1.31. The summed E-state index contributed by atoms with van der Waals surface area (Å²) in [6.45, 7) is 4.30. The van der Waals surface area contributed by atoms with Gasteiger partial charge in [-0.2, -0.15) is 11.8 Å². The van der Waals surface area contributed by atoms with E-state index in [0.29, 0.717) is 0 Å². The Morgan fingerprint density at radius 2 is 2.33 bits per heavy atom. The zero-order chi connectivity index (χ0) is 8.97. The molecule has 0 aromatic carbocycles. The Labute approximate surface area is 79.9 Å². The van der Waals surface area contributed by atoms with Crippen LogP contribution in [0.1, 0.15) is 19.8 Å². The molecule has 1 fully saturated rings. The monoisotopic (exact) mass is 188 g/mol. The first-order valence-electron chi connectivity index (χ1n) is 4.76. The van der Waals surface area contributed by atoms with Crippen LogP contribution in [0.2, 0.25) is 0 Å². The maximum absolute atomic E-state index is 5.47. The molecular formula is C9H20N2S. The quantitative estimate of drug-likeness (QED) is 0.718. The van der Waals surface area contributed by atoms with Gasteiger partial charge in [-0.25, -0.2) is 0 Å². The van der Waals surface area contributed by atoms with Crippen LogP contribution in [0.4, 0.5) is 0 Å². The van der Waals surface area contributed by atoms with Gasteiger partial charge in [0.2, 0.25) is 0 Å². The number of rotatable bonds is 4. The van der Waals surface area contributed by atoms with Crippen LogP contribution in [0.3, 0.4) is 0 Å². The van der Waals surface area contributed by atoms with Crippen LogP contribution in [-0.2, 0) is 0 Å². The minimum Gasteiger partial charge on any atom is -0.330 e. The average Bonchev–Trinajstić information content (AvgIpc) is 2.47. The molecule has 1 saturated heterocycles. The van der Waals surface area contributed by atoms with E-state index in [1.807, 2.05) is 0 Å². The van der Waals surface area contributed by atoms with Crippen LogP contribution in [-0.4, -0.2) is 42.1 Å². The molecule has 1 heterocycles. The van der Waals surface area contributed by atoms with Gasteiger partial charge in [0.25, 0.3) is 0 Å². The van der Waals surface area contributed by atoms with Crippen molar-refractivity contribution < 1.29 is 0 Å². The van der Waals surface area contributed by atoms with Gasteiger partial charge in [0, 0.05) is 17.0 Å². The van der Waals surface area contributed by atoms with E-state index in [0.717, 1.165) is 30.8 Å². The summed E-state index contributed by atoms with van der Waals surface area (Å²) in [6, 6.07) is 0.802. The van der Waals surface area contributed by atoms with Crippen molar-refractivity contribution in [2.24, 2.45) is 5.73 Å². The molecule has 0 aromatic rings. The van der Waals surface area contributed by atoms with E-state index in [4.69, 9.17) is 5.73 Å². The molecule has 0 bridgehead atoms. The second-order valence-electron chi connectivity index (χ2n) is 3.66. The summed E-state index contributed by atoms with van der Waals surface area (Å²) >= 11 is 2.09. The van der Waals surface area contributed by atoms with Crippen LogP contribution < -0.4 is 5.73 Å². The Morgan fingerprint density at radius 3 is 2.83 bits per heavy atom. The van der Waals surface area contributed by atoms with Gasteiger partial charge in [-0.15, -0.1) is 0 Å². The third kappa shape index (κ3) is 2.96. The van der Waals surface area contributed by atoms with Crippen molar-refractivity contribution in [3.63, 3.8) is 0 Å². The van der Waals surface area contributed by atoms with Gasteiger partial charge >= 0.3 is 0 Å². The molecule has 0 amide bonds. The highest BCUT2D eigenvalue weighted by atomic mass is 32.2. The lowest BCUT2D eigenvalue weighted by Crippen LogP contribution is -2.33. The standard InChI is InChI=1S/C9H20N2S/c1-8-6-9(7-12-8)11(2)5-3-4-10/h8-9H,3-7,10H2,1-2H3. The summed E-state index contributed by atoms with van der Waals surface area (Å²) < 4.78 is 0. The van der Waals surface area contributed by atoms with E-state index in [9.17, 15) is 0 Å². The van der Waals surface area contributed by atoms with Gasteiger partial charge in [0.05, 0.1) is 0 Å². The molecule has 2 atom stereocenters. The molecule has 1 rings (SSSR count). The molecule has 2 N–H and O–H groups in total. The number of thioether (sulfide) groups is 1. The predicted octanol–water partition coefficient (Wildman–Crippen LogP) is 1.16. The molecule has 0 aromatic heterocycles. The number of nitrogens with two attached hydrogens (primary N) is 1. The summed E-state index contributed by atoms with van der Waals surface area (Å²) in [7, 11) is 2.22. The Hall–Kier alpha value is 0.270. The van der Waals surface area contributed by atoms with E-state index in [1.54, 1.807) is 0 Å². The minimum absolute atomic E-state index is 0.802. The lowest BCUT2D eigenvalue weighted by molar-refractivity contribution is 0.256. The van der Waals surface area contributed by atoms with Gasteiger partial charge in [-0.1, -0.05) is 6.92 Å². The van der Waals surface area contributed by atoms with E-state index in [2.05, 4.69) is 30.6 Å². The van der Waals surface area contributed by atoms with Crippen molar-refractivity contribution in [1.82, 2.24) is 4.90 Å². The fourth-order valence-electron chi connectivity index (χ4n) is 1.63. The molecule has 3 heteroatoms. The maximum atomic E-state index is 5.47. The summed E-state index contributed by atoms with van der Waals surface area (Å²) in [4.78, 5) is 2.46. The molecule has 2 nitrogen and oxygen atoms in total. The van der Waals surface area contributed by atoms with Gasteiger partial charge < -0.3 is 10.6 Å². The van der Waals surface area contributed by atoms with Crippen molar-refractivity contribution >= 4 is 11.8 Å². The summed E-state index contributed by atoms with van der Waals surface area (Å²) in [5.41, 5.74) is 5.47. The van der Waals surface area contributed by atoms with Crippen molar-refractivity contribution in [2.75, 3.05) is 25.9 Å². The van der Waals surface area contributed by atoms with Crippen LogP contribution in [0.25, 0.3) is 0 Å². The van der Waals surface area contributed by atoms with E-state index in [1.165, 1.54) is 12.2 Å². The van der Waals surface area contributed by atoms with E-state index >= 15 is 0 Å². The van der Waals surface area contributed by atoms with Crippen LogP contribution in [0, 0.1) is 0 Å². The minimum atomic E-state index is 0.802. The van der Waals surface area contributed by atoms with Gasteiger partial charge in [0.15, 0.2) is 0 Å². The first-order valence-corrected chi connectivity index (χ1v) is 5.81. The predicted molar refractivity (Wildman–Crippen MR) is 56.6 cm³/mol. The normalized spacial score (nSPS) is 30.0. The molecule has 0 aliphatic carbocycles. The number of nitrogens with zero attached hydrogens (tertiary/aromatic N) is 1. The molecular weight excluding hydrogens is 168 g/mol. The van der Waals surface area contributed by atoms with Crippen LogP contribution >= 0.6 is 11.8 Å². The summed E-state index contributed by atoms with van der Waals surface area (Å²) in [6.07, 6.45) is 2.48. The molecule has 72 valence electrons. The van der Waals surface area contributed by atoms with Crippen molar-refractivity contribution in [1.29, 1.82) is 0 Å². The van der Waals surface area contributed by atoms with Gasteiger partial charge in [-0.3, -0.25) is 0 Å². The van der Waals surface area contributed by atoms with Crippen molar-refractivity contribution in [3.8, 4) is 0 Å². The maximum Gasteiger partial charge on any atom is 0.0193 e. The van der Waals surface area contributed by atoms with Crippen LogP contribution in [0.15, 0.2) is 0 Å². The smallest absolute Gasteiger partial charge is 0.0193 e. The number of hydrogen-bond acceptors (Lipinski definition) is 3. The first kappa shape index (κ1) is 10.4. The Balaban J connectivity index is 2.18. The molecule has 0 spiro atoms. The molecule has 2 unspecified atom stereocenters. The average molecular weight is 188 g/mol. The van der Waals surface area contributed by atoms with Crippen molar-refractivity contribution in [2.45, 2.75) is 31.1 Å². The van der Waals surface area contributed by atoms with Crippen LogP contribution in [0.5, 0.6) is 0 Å². The molecule has 0 radical (unpaired) electrons. The third-order valence-electron chi connectivity index (χ3n) is 2.52. The lowest BCUT2D eigenvalue weighted by Gasteiger charge is -2.23. The van der Waals surface area contributed by atoms with Gasteiger partial charge in [-0.05, 0) is 33.0 Å². The Bertz CT molecular complexity index is 130. The fraction of sp³-hybridized carbons (Fsp3) is 1.00. The highest BCUT2D eigenvalue weighted by molar-refractivity contribution is 8.00. The SMILES string of the molecule is CC1CC(N(C)CCCN)CS1. The Kier molecular flexibility index (Phi) is 4.40. The number of hydrogen-bond donors (Lipinski definition) is 1. The highest BCUT2D eigenvalue weighted by Crippen LogP contribution is 2.28. The highest BCUT2D eigenvalue weighted by Gasteiger charge is 2.24. The molecule has 0 saturated carbocycles. The second kappa shape index (κ2) is 5.10. The molecule has 1 aliphatic heterocycles. The zero-order valence-electron chi connectivity index (χ0n) is 8.12. The van der Waals surface area contributed by atoms with Crippen molar-refractivity contribution in [3.05, 3.63) is 0 Å². The van der Waals surface area contributed by atoms with E-state index in [-0.39, 0.29) is 0 Å². The largest absolute Gasteiger partial charge is 0.330 e. The summed E-state index contributed by atoms with van der Waals surface area (Å²) in [5, 5.41) is 0.857. The lowest BCUT2D eigenvalue weighted by atomic mass is 10.1. The molecule has 1 aliphatic rings.